The molecule has 0 aliphatic carbocycles. The quantitative estimate of drug-likeness (QED) is 0.617. The van der Waals surface area contributed by atoms with E-state index in [2.05, 4.69) is 10.3 Å². The molecule has 0 unspecified atom stereocenters. The van der Waals surface area contributed by atoms with E-state index in [1.807, 2.05) is 24.4 Å². The largest absolute Gasteiger partial charge is 0.326 e. The maximum Gasteiger partial charge on any atom is 0.0463 e. The van der Waals surface area contributed by atoms with Gasteiger partial charge in [0.15, 0.2) is 0 Å². The molecule has 1 fully saturated rings. The van der Waals surface area contributed by atoms with Crippen LogP contribution >= 0.6 is 0 Å². The van der Waals surface area contributed by atoms with Crippen molar-refractivity contribution in [3.63, 3.8) is 0 Å². The molecule has 12 heavy (non-hydrogen) atoms. The van der Waals surface area contributed by atoms with Gasteiger partial charge in [0.25, 0.3) is 0 Å². The van der Waals surface area contributed by atoms with Crippen LogP contribution in [0.3, 0.4) is 0 Å². The number of pyridine rings is 1. The van der Waals surface area contributed by atoms with Crippen LogP contribution in [0.4, 0.5) is 0 Å². The zero-order valence-corrected chi connectivity index (χ0v) is 6.90. The van der Waals surface area contributed by atoms with Gasteiger partial charge < -0.3 is 11.1 Å². The zero-order valence-electron chi connectivity index (χ0n) is 6.90. The monoisotopic (exact) mass is 163 g/mol. The molecule has 1 aromatic rings. The third kappa shape index (κ3) is 1.33. The highest BCUT2D eigenvalue weighted by molar-refractivity contribution is 5.14. The zero-order chi connectivity index (χ0) is 8.39. The minimum Gasteiger partial charge on any atom is -0.326 e. The number of nitrogens with one attached hydrogen (secondary N) is 1. The third-order valence-corrected chi connectivity index (χ3v) is 2.33. The second kappa shape index (κ2) is 3.21. The Balaban J connectivity index is 2.19. The lowest BCUT2D eigenvalue weighted by Crippen LogP contribution is -2.27. The molecule has 1 saturated heterocycles. The van der Waals surface area contributed by atoms with Crippen molar-refractivity contribution in [2.45, 2.75) is 12.0 Å². The van der Waals surface area contributed by atoms with Gasteiger partial charge in [-0.3, -0.25) is 4.98 Å². The summed E-state index contributed by atoms with van der Waals surface area (Å²) in [6.45, 7) is 1.86. The Hall–Kier alpha value is -0.930. The van der Waals surface area contributed by atoms with Gasteiger partial charge in [-0.2, -0.15) is 0 Å². The predicted molar refractivity (Wildman–Crippen MR) is 47.8 cm³/mol. The van der Waals surface area contributed by atoms with Gasteiger partial charge in [0.2, 0.25) is 0 Å². The summed E-state index contributed by atoms with van der Waals surface area (Å²) in [6.07, 6.45) is 1.82. The molecule has 1 aliphatic rings. The topological polar surface area (TPSA) is 50.9 Å². The number of nitrogens with zero attached hydrogens (tertiary/aromatic N) is 1. The van der Waals surface area contributed by atoms with Gasteiger partial charge in [0.1, 0.15) is 0 Å². The van der Waals surface area contributed by atoms with E-state index in [1.165, 1.54) is 0 Å². The van der Waals surface area contributed by atoms with Crippen LogP contribution in [-0.4, -0.2) is 24.1 Å². The normalized spacial score (nSPS) is 29.1. The Kier molecular flexibility index (Phi) is 2.06. The van der Waals surface area contributed by atoms with Crippen LogP contribution in [0.15, 0.2) is 24.4 Å². The molecule has 1 aliphatic heterocycles. The Morgan fingerprint density at radius 2 is 2.33 bits per heavy atom. The van der Waals surface area contributed by atoms with Crippen LogP contribution in [0.1, 0.15) is 11.6 Å². The molecule has 2 rings (SSSR count). The molecule has 1 aromatic heterocycles. The SMILES string of the molecule is N[C@@H]1CNC[C@@H]1c1ccccn1. The standard InChI is InChI=1S/C9H13N3/c10-8-6-11-5-7(8)9-3-1-2-4-12-9/h1-4,7-8,11H,5-6,10H2/t7-,8+/m0/s1. The second-order valence-corrected chi connectivity index (χ2v) is 3.18. The number of hydrogen-bond donors (Lipinski definition) is 2. The first kappa shape index (κ1) is 7.71. The summed E-state index contributed by atoms with van der Waals surface area (Å²) in [5, 5.41) is 3.26. The minimum atomic E-state index is 0.222. The lowest BCUT2D eigenvalue weighted by Gasteiger charge is -2.12. The van der Waals surface area contributed by atoms with Gasteiger partial charge in [0, 0.05) is 36.9 Å². The first-order valence-corrected chi connectivity index (χ1v) is 4.25. The molecule has 2 atom stereocenters. The summed E-state index contributed by atoms with van der Waals surface area (Å²) < 4.78 is 0. The predicted octanol–water partition coefficient (Wildman–Crippen LogP) is 0.0957. The fraction of sp³-hybridized carbons (Fsp3) is 0.444. The summed E-state index contributed by atoms with van der Waals surface area (Å²) in [5.74, 6) is 0.395. The van der Waals surface area contributed by atoms with Crippen molar-refractivity contribution in [1.82, 2.24) is 10.3 Å². The van der Waals surface area contributed by atoms with Crippen LogP contribution in [0.25, 0.3) is 0 Å². The lowest BCUT2D eigenvalue weighted by atomic mass is 10.0. The van der Waals surface area contributed by atoms with Crippen LogP contribution in [0, 0.1) is 0 Å². The van der Waals surface area contributed by atoms with E-state index in [0.29, 0.717) is 5.92 Å². The molecule has 0 saturated carbocycles. The van der Waals surface area contributed by atoms with Crippen molar-refractivity contribution in [2.75, 3.05) is 13.1 Å². The van der Waals surface area contributed by atoms with Gasteiger partial charge in [-0.15, -0.1) is 0 Å². The van der Waals surface area contributed by atoms with Crippen LogP contribution in [0.5, 0.6) is 0 Å². The molecular formula is C9H13N3. The van der Waals surface area contributed by atoms with E-state index in [0.717, 1.165) is 18.8 Å². The van der Waals surface area contributed by atoms with Crippen molar-refractivity contribution < 1.29 is 0 Å². The van der Waals surface area contributed by atoms with Crippen LogP contribution < -0.4 is 11.1 Å². The molecule has 0 amide bonds. The smallest absolute Gasteiger partial charge is 0.0463 e. The highest BCUT2D eigenvalue weighted by Crippen LogP contribution is 2.18. The van der Waals surface area contributed by atoms with E-state index in [9.17, 15) is 0 Å². The van der Waals surface area contributed by atoms with Crippen molar-refractivity contribution in [1.29, 1.82) is 0 Å². The van der Waals surface area contributed by atoms with Gasteiger partial charge in [-0.05, 0) is 12.1 Å². The van der Waals surface area contributed by atoms with Crippen molar-refractivity contribution >= 4 is 0 Å². The highest BCUT2D eigenvalue weighted by atomic mass is 15.0. The fourth-order valence-electron chi connectivity index (χ4n) is 1.62. The number of nitrogens with two attached hydrogens (primary N) is 1. The number of hydrogen-bond acceptors (Lipinski definition) is 3. The summed E-state index contributed by atoms with van der Waals surface area (Å²) in [5.41, 5.74) is 7.01. The first-order chi connectivity index (χ1) is 5.88. The maximum atomic E-state index is 5.91. The second-order valence-electron chi connectivity index (χ2n) is 3.18. The molecule has 0 bridgehead atoms. The third-order valence-electron chi connectivity index (χ3n) is 2.33. The molecule has 0 radical (unpaired) electrons. The van der Waals surface area contributed by atoms with Crippen molar-refractivity contribution in [3.8, 4) is 0 Å². The number of rotatable bonds is 1. The molecule has 3 heteroatoms. The minimum absolute atomic E-state index is 0.222. The molecule has 3 nitrogen and oxygen atoms in total. The molecule has 0 aromatic carbocycles. The Morgan fingerprint density at radius 1 is 1.42 bits per heavy atom. The molecule has 2 heterocycles. The summed E-state index contributed by atoms with van der Waals surface area (Å²) >= 11 is 0. The van der Waals surface area contributed by atoms with E-state index >= 15 is 0 Å². The highest BCUT2D eigenvalue weighted by Gasteiger charge is 2.25. The van der Waals surface area contributed by atoms with Gasteiger partial charge in [-0.25, -0.2) is 0 Å². The van der Waals surface area contributed by atoms with Crippen molar-refractivity contribution in [3.05, 3.63) is 30.1 Å². The van der Waals surface area contributed by atoms with Crippen LogP contribution in [-0.2, 0) is 0 Å². The van der Waals surface area contributed by atoms with E-state index < -0.39 is 0 Å². The van der Waals surface area contributed by atoms with E-state index in [-0.39, 0.29) is 6.04 Å². The molecule has 3 N–H and O–H groups in total. The Labute approximate surface area is 72.0 Å². The van der Waals surface area contributed by atoms with E-state index in [1.54, 1.807) is 0 Å². The molecule has 0 spiro atoms. The summed E-state index contributed by atoms with van der Waals surface area (Å²) in [4.78, 5) is 4.29. The lowest BCUT2D eigenvalue weighted by molar-refractivity contribution is 0.637. The van der Waals surface area contributed by atoms with Crippen molar-refractivity contribution in [2.24, 2.45) is 5.73 Å². The van der Waals surface area contributed by atoms with Crippen LogP contribution in [0.2, 0.25) is 0 Å². The Morgan fingerprint density at radius 3 is 2.92 bits per heavy atom. The summed E-state index contributed by atoms with van der Waals surface area (Å²) in [6, 6.07) is 6.20. The fourth-order valence-corrected chi connectivity index (χ4v) is 1.62. The first-order valence-electron chi connectivity index (χ1n) is 4.25. The Bertz CT molecular complexity index is 247. The average molecular weight is 163 g/mol. The molecule has 64 valence electrons. The van der Waals surface area contributed by atoms with E-state index in [4.69, 9.17) is 5.73 Å². The molecular weight excluding hydrogens is 150 g/mol. The van der Waals surface area contributed by atoms with Gasteiger partial charge >= 0.3 is 0 Å². The average Bonchev–Trinajstić information content (AvgIpc) is 2.53. The maximum absolute atomic E-state index is 5.91. The van der Waals surface area contributed by atoms with Gasteiger partial charge in [0.05, 0.1) is 0 Å². The van der Waals surface area contributed by atoms with Gasteiger partial charge in [-0.1, -0.05) is 6.07 Å². The number of aromatic nitrogens is 1. The summed E-state index contributed by atoms with van der Waals surface area (Å²) in [7, 11) is 0.